The van der Waals surface area contributed by atoms with Crippen LogP contribution in [0, 0.1) is 11.8 Å². The van der Waals surface area contributed by atoms with Crippen LogP contribution in [0.25, 0.3) is 0 Å². The fourth-order valence-corrected chi connectivity index (χ4v) is 7.08. The fourth-order valence-electron chi connectivity index (χ4n) is 7.08. The van der Waals surface area contributed by atoms with Gasteiger partial charge < -0.3 is 29.7 Å². The van der Waals surface area contributed by atoms with Gasteiger partial charge in [0, 0.05) is 32.7 Å². The number of likely N-dealkylation sites (tertiary alicyclic amines) is 1. The van der Waals surface area contributed by atoms with Gasteiger partial charge in [-0.05, 0) is 44.6 Å². The number of fused-ring (bicyclic) bond motifs is 2. The first-order valence-corrected chi connectivity index (χ1v) is 16.1. The number of aliphatic hydroxyl groups excluding tert-OH is 1. The quantitative estimate of drug-likeness (QED) is 0.251. The summed E-state index contributed by atoms with van der Waals surface area (Å²) in [7, 11) is 0. The van der Waals surface area contributed by atoms with Crippen LogP contribution in [-0.2, 0) is 28.7 Å². The van der Waals surface area contributed by atoms with E-state index >= 15 is 0 Å². The molecule has 4 aliphatic heterocycles. The van der Waals surface area contributed by atoms with Crippen molar-refractivity contribution in [2.75, 3.05) is 26.2 Å². The Labute approximate surface area is 259 Å². The molecule has 0 saturated carbocycles. The molecule has 1 spiro atoms. The van der Waals surface area contributed by atoms with Crippen LogP contribution in [0.5, 0.6) is 0 Å². The Morgan fingerprint density at radius 3 is 2.55 bits per heavy atom. The van der Waals surface area contributed by atoms with Crippen molar-refractivity contribution in [1.82, 2.24) is 15.1 Å². The van der Waals surface area contributed by atoms with E-state index in [1.165, 1.54) is 0 Å². The molecule has 2 fully saturated rings. The third-order valence-corrected chi connectivity index (χ3v) is 9.27. The van der Waals surface area contributed by atoms with Crippen LogP contribution in [0.15, 0.2) is 54.6 Å². The van der Waals surface area contributed by atoms with Crippen LogP contribution in [0.3, 0.4) is 0 Å². The van der Waals surface area contributed by atoms with Gasteiger partial charge in [0.05, 0.1) is 18.1 Å². The summed E-state index contributed by atoms with van der Waals surface area (Å²) in [4.78, 5) is 59.0. The van der Waals surface area contributed by atoms with E-state index in [1.54, 1.807) is 22.8 Å². The maximum Gasteiger partial charge on any atom is 0.313 e. The number of ether oxygens (including phenoxy) is 2. The molecule has 0 radical (unpaired) electrons. The summed E-state index contributed by atoms with van der Waals surface area (Å²) in [6, 6.07) is 7.81. The van der Waals surface area contributed by atoms with Gasteiger partial charge in [-0.25, -0.2) is 0 Å². The molecule has 10 nitrogen and oxygen atoms in total. The molecule has 44 heavy (non-hydrogen) atoms. The molecule has 5 rings (SSSR count). The molecule has 0 unspecified atom stereocenters. The van der Waals surface area contributed by atoms with Gasteiger partial charge in [0.2, 0.25) is 17.7 Å². The molecule has 1 aromatic rings. The second-order valence-corrected chi connectivity index (χ2v) is 12.3. The molecule has 3 amide bonds. The summed E-state index contributed by atoms with van der Waals surface area (Å²) in [5.74, 6) is -3.09. The van der Waals surface area contributed by atoms with Crippen molar-refractivity contribution in [2.45, 2.75) is 88.7 Å². The molecule has 238 valence electrons. The Morgan fingerprint density at radius 1 is 1.00 bits per heavy atom. The van der Waals surface area contributed by atoms with Crippen molar-refractivity contribution in [1.29, 1.82) is 0 Å². The second kappa shape index (κ2) is 14.1. The summed E-state index contributed by atoms with van der Waals surface area (Å²) in [6.07, 6.45) is 10.3. The number of amides is 3. The number of nitrogens with one attached hydrogen (secondary N) is 1. The number of nitrogens with zero attached hydrogens (tertiary/aromatic N) is 2. The highest BCUT2D eigenvalue weighted by molar-refractivity contribution is 5.99. The zero-order valence-electron chi connectivity index (χ0n) is 25.7. The van der Waals surface area contributed by atoms with Crippen LogP contribution in [0.2, 0.25) is 0 Å². The standard InChI is InChI=1S/C34H45N3O7/c1-3-4-19-36-20-11-6-10-16-26(39)35-23(2)29(24-14-8-5-9-15-24)43-33(42)27-25-17-18-34(44-25)28(27)31(40)37(30(34)32(36)41)21-12-7-13-22-38/h5-6,8-9,11,14-15,17-18,23,25,27-30,38H,3-4,7,10,12-13,16,19-22H2,1-2H3,(H,35,39)/b11-6-/t23-,25+,27-,28-,29+,30+,34-/m0/s1. The molecule has 4 aliphatic rings. The number of allylic oxidation sites excluding steroid dienone is 1. The number of rotatable bonds is 9. The van der Waals surface area contributed by atoms with Gasteiger partial charge in [-0.3, -0.25) is 19.2 Å². The van der Waals surface area contributed by atoms with Crippen molar-refractivity contribution in [3.05, 3.63) is 60.2 Å². The van der Waals surface area contributed by atoms with E-state index in [0.717, 1.165) is 18.4 Å². The van der Waals surface area contributed by atoms with Crippen molar-refractivity contribution in [2.24, 2.45) is 11.8 Å². The van der Waals surface area contributed by atoms with E-state index in [4.69, 9.17) is 9.47 Å². The van der Waals surface area contributed by atoms with Gasteiger partial charge in [0.25, 0.3) is 0 Å². The molecule has 5 bridgehead atoms. The number of carbonyl (C=O) groups excluding carboxylic acids is 4. The highest BCUT2D eigenvalue weighted by atomic mass is 16.6. The van der Waals surface area contributed by atoms with Gasteiger partial charge >= 0.3 is 5.97 Å². The van der Waals surface area contributed by atoms with Crippen molar-refractivity contribution < 1.29 is 33.8 Å². The number of unbranched alkanes of at least 4 members (excludes halogenated alkanes) is 3. The summed E-state index contributed by atoms with van der Waals surface area (Å²) >= 11 is 0. The Hall–Kier alpha value is -3.50. The minimum absolute atomic E-state index is 0.0584. The molecular formula is C34H45N3O7. The molecule has 0 aromatic heterocycles. The van der Waals surface area contributed by atoms with Gasteiger partial charge in [-0.2, -0.15) is 0 Å². The predicted molar refractivity (Wildman–Crippen MR) is 163 cm³/mol. The van der Waals surface area contributed by atoms with Crippen molar-refractivity contribution >= 4 is 23.7 Å². The maximum absolute atomic E-state index is 14.4. The minimum atomic E-state index is -1.27. The van der Waals surface area contributed by atoms with E-state index in [2.05, 4.69) is 12.2 Å². The maximum atomic E-state index is 14.4. The molecular weight excluding hydrogens is 562 g/mol. The first-order valence-electron chi connectivity index (χ1n) is 16.1. The number of hydrogen-bond donors (Lipinski definition) is 2. The van der Waals surface area contributed by atoms with Gasteiger partial charge in [-0.1, -0.05) is 68.0 Å². The minimum Gasteiger partial charge on any atom is -0.455 e. The first kappa shape index (κ1) is 31.9. The van der Waals surface area contributed by atoms with E-state index in [1.807, 2.05) is 48.6 Å². The number of benzene rings is 1. The van der Waals surface area contributed by atoms with Gasteiger partial charge in [0.15, 0.2) is 0 Å². The highest BCUT2D eigenvalue weighted by Crippen LogP contribution is 2.56. The van der Waals surface area contributed by atoms with E-state index in [0.29, 0.717) is 45.3 Å². The predicted octanol–water partition coefficient (Wildman–Crippen LogP) is 3.07. The highest BCUT2D eigenvalue weighted by Gasteiger charge is 2.73. The monoisotopic (exact) mass is 607 g/mol. The number of aliphatic hydroxyl groups is 1. The first-order chi connectivity index (χ1) is 21.3. The summed E-state index contributed by atoms with van der Waals surface area (Å²) in [6.45, 7) is 5.10. The average molecular weight is 608 g/mol. The molecule has 2 saturated heterocycles. The average Bonchev–Trinajstić information content (AvgIpc) is 3.66. The number of cyclic esters (lactones) is 1. The number of hydrogen-bond acceptors (Lipinski definition) is 7. The third-order valence-electron chi connectivity index (χ3n) is 9.27. The van der Waals surface area contributed by atoms with Crippen LogP contribution in [0.1, 0.15) is 70.5 Å². The van der Waals surface area contributed by atoms with Crippen LogP contribution in [0.4, 0.5) is 0 Å². The summed E-state index contributed by atoms with van der Waals surface area (Å²) < 4.78 is 12.7. The SMILES string of the molecule is CCCCN1C/C=C\CCC(=O)N[C@@H](C)[C@H](c2ccccc2)OC(=O)[C@@H]2[C@H]3C(=O)N(CCCCCO)[C@H](C1=O)[C@]31C=C[C@H]2O1. The van der Waals surface area contributed by atoms with Crippen molar-refractivity contribution in [3.63, 3.8) is 0 Å². The molecule has 0 aliphatic carbocycles. The number of carbonyl (C=O) groups is 4. The summed E-state index contributed by atoms with van der Waals surface area (Å²) in [5, 5.41) is 12.3. The zero-order valence-corrected chi connectivity index (χ0v) is 25.7. The molecule has 2 N–H and O–H groups in total. The Balaban J connectivity index is 1.54. The Morgan fingerprint density at radius 2 is 1.80 bits per heavy atom. The van der Waals surface area contributed by atoms with E-state index < -0.39 is 47.7 Å². The van der Waals surface area contributed by atoms with E-state index in [-0.39, 0.29) is 30.7 Å². The van der Waals surface area contributed by atoms with E-state index in [9.17, 15) is 24.3 Å². The smallest absolute Gasteiger partial charge is 0.313 e. The summed E-state index contributed by atoms with van der Waals surface area (Å²) in [5.41, 5.74) is -0.548. The van der Waals surface area contributed by atoms with Crippen LogP contribution >= 0.6 is 0 Å². The number of esters is 1. The lowest BCUT2D eigenvalue weighted by atomic mass is 9.74. The van der Waals surface area contributed by atoms with Crippen LogP contribution in [-0.4, -0.2) is 88.6 Å². The van der Waals surface area contributed by atoms with Gasteiger partial charge in [0.1, 0.15) is 23.7 Å². The second-order valence-electron chi connectivity index (χ2n) is 12.3. The normalized spacial score (nSPS) is 33.0. The fraction of sp³-hybridized carbons (Fsp3) is 0.588. The van der Waals surface area contributed by atoms with Gasteiger partial charge in [-0.15, -0.1) is 0 Å². The Bertz CT molecular complexity index is 1270. The zero-order chi connectivity index (χ0) is 31.3. The third kappa shape index (κ3) is 6.19. The molecule has 10 heteroatoms. The van der Waals surface area contributed by atoms with Crippen molar-refractivity contribution in [3.8, 4) is 0 Å². The van der Waals surface area contributed by atoms with Crippen LogP contribution < -0.4 is 5.32 Å². The lowest BCUT2D eigenvalue weighted by Crippen LogP contribution is -2.56. The lowest BCUT2D eigenvalue weighted by Gasteiger charge is -2.36. The topological polar surface area (TPSA) is 125 Å². The lowest BCUT2D eigenvalue weighted by molar-refractivity contribution is -0.161. The Kier molecular flexibility index (Phi) is 10.2. The molecule has 4 heterocycles. The largest absolute Gasteiger partial charge is 0.455 e. The molecule has 7 atom stereocenters. The molecule has 1 aromatic carbocycles.